The van der Waals surface area contributed by atoms with Crippen molar-refractivity contribution in [3.05, 3.63) is 0 Å². The van der Waals surface area contributed by atoms with Crippen LogP contribution in [0.3, 0.4) is 0 Å². The van der Waals surface area contributed by atoms with Gasteiger partial charge in [0.1, 0.15) is 0 Å². The molecule has 3 aliphatic rings. The van der Waals surface area contributed by atoms with E-state index in [2.05, 4.69) is 0 Å². The van der Waals surface area contributed by atoms with Crippen molar-refractivity contribution in [1.82, 2.24) is 18.4 Å². The number of likely N-dealkylation sites (tertiary alicyclic amines) is 1. The van der Waals surface area contributed by atoms with Crippen molar-refractivity contribution in [1.29, 1.82) is 0 Å². The number of ether oxygens (including phenoxy) is 1. The van der Waals surface area contributed by atoms with Crippen molar-refractivity contribution in [3.63, 3.8) is 0 Å². The van der Waals surface area contributed by atoms with Crippen LogP contribution in [0.1, 0.15) is 47.5 Å². The van der Waals surface area contributed by atoms with Crippen LogP contribution < -0.4 is 0 Å². The Kier molecular flexibility index (Phi) is 7.35. The fourth-order valence-electron chi connectivity index (χ4n) is 4.68. The molecule has 9 nitrogen and oxygen atoms in total. The molecule has 2 amide bonds. The molecule has 0 aromatic rings. The van der Waals surface area contributed by atoms with E-state index >= 15 is 0 Å². The van der Waals surface area contributed by atoms with Gasteiger partial charge in [0, 0.05) is 63.7 Å². The second kappa shape index (κ2) is 9.33. The van der Waals surface area contributed by atoms with Gasteiger partial charge in [0.15, 0.2) is 0 Å². The van der Waals surface area contributed by atoms with E-state index in [4.69, 9.17) is 4.74 Å². The molecule has 0 aliphatic carbocycles. The molecule has 3 rings (SSSR count). The molecule has 3 saturated heterocycles. The number of rotatable bonds is 3. The zero-order valence-corrected chi connectivity index (χ0v) is 20.4. The number of hydrogen-bond donors (Lipinski definition) is 0. The molecule has 10 heteroatoms. The summed E-state index contributed by atoms with van der Waals surface area (Å²) in [6.45, 7) is 12.9. The molecule has 2 unspecified atom stereocenters. The lowest BCUT2D eigenvalue weighted by molar-refractivity contribution is -0.145. The smallest absolute Gasteiger partial charge is 0.282 e. The number of hydrogen-bond acceptors (Lipinski definition) is 5. The Labute approximate surface area is 186 Å². The van der Waals surface area contributed by atoms with Gasteiger partial charge in [-0.3, -0.25) is 9.59 Å². The highest BCUT2D eigenvalue weighted by Crippen LogP contribution is 2.26. The zero-order chi connectivity index (χ0) is 23.0. The van der Waals surface area contributed by atoms with Crippen molar-refractivity contribution in [2.75, 3.05) is 52.4 Å². The monoisotopic (exact) mass is 458 g/mol. The number of nitrogens with zero attached hydrogens (tertiary/aromatic N) is 4. The second-order valence-corrected chi connectivity index (χ2v) is 12.1. The molecular formula is C21H38N4O5S. The van der Waals surface area contributed by atoms with Gasteiger partial charge in [-0.15, -0.1) is 0 Å². The SMILES string of the molecule is CC1CN(S(=O)(=O)N2CCN(C(=O)C3CCN(C(=O)C(C)(C)C)CC3)CC2)CC(C)O1. The lowest BCUT2D eigenvalue weighted by atomic mass is 9.90. The normalized spacial score (nSPS) is 28.0. The molecule has 0 N–H and O–H groups in total. The number of carbonyl (C=O) groups excluding carboxylic acids is 2. The first-order valence-electron chi connectivity index (χ1n) is 11.4. The van der Waals surface area contributed by atoms with E-state index in [-0.39, 0.29) is 29.9 Å². The summed E-state index contributed by atoms with van der Waals surface area (Å²) < 4.78 is 34.7. The van der Waals surface area contributed by atoms with Gasteiger partial charge in [-0.05, 0) is 26.7 Å². The first kappa shape index (κ1) is 24.4. The molecule has 3 aliphatic heterocycles. The maximum atomic E-state index is 13.0. The van der Waals surface area contributed by atoms with Crippen molar-refractivity contribution < 1.29 is 22.7 Å². The molecule has 178 valence electrons. The molecule has 3 fully saturated rings. The summed E-state index contributed by atoms with van der Waals surface area (Å²) in [6.07, 6.45) is 1.08. The van der Waals surface area contributed by atoms with E-state index in [0.717, 1.165) is 0 Å². The third kappa shape index (κ3) is 5.58. The lowest BCUT2D eigenvalue weighted by Gasteiger charge is -2.41. The maximum absolute atomic E-state index is 13.0. The first-order valence-corrected chi connectivity index (χ1v) is 12.8. The van der Waals surface area contributed by atoms with Crippen LogP contribution in [0.4, 0.5) is 0 Å². The molecule has 31 heavy (non-hydrogen) atoms. The summed E-state index contributed by atoms with van der Waals surface area (Å²) in [5.41, 5.74) is -0.408. The minimum Gasteiger partial charge on any atom is -0.373 e. The highest BCUT2D eigenvalue weighted by atomic mass is 32.2. The fraction of sp³-hybridized carbons (Fsp3) is 0.905. The van der Waals surface area contributed by atoms with E-state index in [9.17, 15) is 18.0 Å². The Bertz CT molecular complexity index is 755. The quantitative estimate of drug-likeness (QED) is 0.623. The number of morpholine rings is 1. The van der Waals surface area contributed by atoms with Crippen molar-refractivity contribution in [2.24, 2.45) is 11.3 Å². The van der Waals surface area contributed by atoms with Gasteiger partial charge >= 0.3 is 0 Å². The lowest BCUT2D eigenvalue weighted by Crippen LogP contribution is -2.58. The van der Waals surface area contributed by atoms with Crippen molar-refractivity contribution in [3.8, 4) is 0 Å². The Morgan fingerprint density at radius 3 is 1.81 bits per heavy atom. The van der Waals surface area contributed by atoms with Crippen LogP contribution in [-0.4, -0.2) is 103 Å². The topological polar surface area (TPSA) is 90.5 Å². The van der Waals surface area contributed by atoms with Crippen molar-refractivity contribution in [2.45, 2.75) is 59.7 Å². The Morgan fingerprint density at radius 2 is 1.32 bits per heavy atom. The molecule has 2 atom stereocenters. The number of piperidine rings is 1. The zero-order valence-electron chi connectivity index (χ0n) is 19.5. The predicted molar refractivity (Wildman–Crippen MR) is 117 cm³/mol. The maximum Gasteiger partial charge on any atom is 0.282 e. The van der Waals surface area contributed by atoms with Crippen LogP contribution in [0.2, 0.25) is 0 Å². The van der Waals surface area contributed by atoms with Crippen molar-refractivity contribution >= 4 is 22.0 Å². The van der Waals surface area contributed by atoms with Crippen LogP contribution in [0, 0.1) is 11.3 Å². The van der Waals surface area contributed by atoms with E-state index in [1.807, 2.05) is 39.5 Å². The molecule has 3 heterocycles. The van der Waals surface area contributed by atoms with Crippen LogP contribution in [0.25, 0.3) is 0 Å². The number of amides is 2. The van der Waals surface area contributed by atoms with E-state index < -0.39 is 15.6 Å². The Hall–Kier alpha value is -1.23. The largest absolute Gasteiger partial charge is 0.373 e. The van der Waals surface area contributed by atoms with E-state index in [1.165, 1.54) is 8.61 Å². The van der Waals surface area contributed by atoms with Crippen LogP contribution in [0.5, 0.6) is 0 Å². The van der Waals surface area contributed by atoms with E-state index in [0.29, 0.717) is 65.2 Å². The van der Waals surface area contributed by atoms with Gasteiger partial charge in [0.2, 0.25) is 11.8 Å². The van der Waals surface area contributed by atoms with Gasteiger partial charge in [-0.25, -0.2) is 0 Å². The molecule has 0 radical (unpaired) electrons. The van der Waals surface area contributed by atoms with Gasteiger partial charge in [-0.1, -0.05) is 20.8 Å². The summed E-state index contributed by atoms with van der Waals surface area (Å²) in [5, 5.41) is 0. The van der Waals surface area contributed by atoms with Gasteiger partial charge in [-0.2, -0.15) is 17.0 Å². The Balaban J connectivity index is 1.51. The summed E-state index contributed by atoms with van der Waals surface area (Å²) in [6, 6.07) is 0. The van der Waals surface area contributed by atoms with Crippen LogP contribution in [-0.2, 0) is 24.5 Å². The number of carbonyl (C=O) groups is 2. The van der Waals surface area contributed by atoms with E-state index in [1.54, 1.807) is 4.90 Å². The molecule has 0 saturated carbocycles. The third-order valence-corrected chi connectivity index (χ3v) is 8.33. The molecule has 0 bridgehead atoms. The third-order valence-electron chi connectivity index (χ3n) is 6.36. The minimum absolute atomic E-state index is 0.0897. The van der Waals surface area contributed by atoms with Gasteiger partial charge in [0.25, 0.3) is 10.2 Å². The van der Waals surface area contributed by atoms with Crippen LogP contribution >= 0.6 is 0 Å². The Morgan fingerprint density at radius 1 is 0.806 bits per heavy atom. The second-order valence-electron chi connectivity index (χ2n) is 10.1. The average molecular weight is 459 g/mol. The summed E-state index contributed by atoms with van der Waals surface area (Å²) in [7, 11) is -3.55. The average Bonchev–Trinajstić information content (AvgIpc) is 2.71. The fourth-order valence-corrected chi connectivity index (χ4v) is 6.43. The highest BCUT2D eigenvalue weighted by Gasteiger charge is 2.39. The predicted octanol–water partition coefficient (Wildman–Crippen LogP) is 0.769. The standard InChI is InChI=1S/C21H38N4O5S/c1-16-14-25(15-17(2)30-16)31(28,29)24-12-10-22(11-13-24)19(26)18-6-8-23(9-7-18)20(27)21(3,4)5/h16-18H,6-15H2,1-5H3. The molecule has 0 aromatic carbocycles. The summed E-state index contributed by atoms with van der Waals surface area (Å²) >= 11 is 0. The van der Waals surface area contributed by atoms with Crippen LogP contribution in [0.15, 0.2) is 0 Å². The highest BCUT2D eigenvalue weighted by molar-refractivity contribution is 7.86. The first-order chi connectivity index (χ1) is 14.4. The number of piperazine rings is 1. The summed E-state index contributed by atoms with van der Waals surface area (Å²) in [5.74, 6) is 0.130. The molecular weight excluding hydrogens is 420 g/mol. The summed E-state index contributed by atoms with van der Waals surface area (Å²) in [4.78, 5) is 29.1. The minimum atomic E-state index is -3.55. The van der Waals surface area contributed by atoms with Gasteiger partial charge < -0.3 is 14.5 Å². The molecule has 0 aromatic heterocycles. The molecule has 0 spiro atoms. The van der Waals surface area contributed by atoms with Gasteiger partial charge in [0.05, 0.1) is 12.2 Å².